The SMILES string of the molecule is CCN(c1ccc(NC(=O)COc2ccc([N+](=O)[O-])cc2OC)cc1)C(C)C. The molecule has 0 radical (unpaired) electrons. The van der Waals surface area contributed by atoms with E-state index in [1.807, 2.05) is 24.3 Å². The third-order valence-corrected chi connectivity index (χ3v) is 4.16. The quantitative estimate of drug-likeness (QED) is 0.519. The molecule has 1 amide bonds. The Morgan fingerprint density at radius 3 is 2.39 bits per heavy atom. The molecule has 0 fully saturated rings. The van der Waals surface area contributed by atoms with Gasteiger partial charge in [0.05, 0.1) is 18.1 Å². The first-order valence-corrected chi connectivity index (χ1v) is 8.97. The lowest BCUT2D eigenvalue weighted by Gasteiger charge is -2.27. The molecule has 2 rings (SSSR count). The summed E-state index contributed by atoms with van der Waals surface area (Å²) in [5.74, 6) is 0.109. The molecule has 0 atom stereocenters. The molecule has 1 N–H and O–H groups in total. The minimum Gasteiger partial charge on any atom is -0.493 e. The number of nitro groups is 1. The third kappa shape index (κ3) is 5.35. The lowest BCUT2D eigenvalue weighted by molar-refractivity contribution is -0.384. The van der Waals surface area contributed by atoms with Gasteiger partial charge >= 0.3 is 0 Å². The summed E-state index contributed by atoms with van der Waals surface area (Å²) >= 11 is 0. The Morgan fingerprint density at radius 1 is 1.18 bits per heavy atom. The molecule has 2 aromatic carbocycles. The molecule has 8 heteroatoms. The predicted molar refractivity (Wildman–Crippen MR) is 108 cm³/mol. The fraction of sp³-hybridized carbons (Fsp3) is 0.350. The van der Waals surface area contributed by atoms with E-state index in [0.717, 1.165) is 12.2 Å². The summed E-state index contributed by atoms with van der Waals surface area (Å²) in [6.45, 7) is 7.00. The van der Waals surface area contributed by atoms with Crippen molar-refractivity contribution in [2.24, 2.45) is 0 Å². The van der Waals surface area contributed by atoms with Gasteiger partial charge in [0.1, 0.15) is 0 Å². The highest BCUT2D eigenvalue weighted by Gasteiger charge is 2.14. The smallest absolute Gasteiger partial charge is 0.273 e. The van der Waals surface area contributed by atoms with Crippen molar-refractivity contribution in [3.63, 3.8) is 0 Å². The van der Waals surface area contributed by atoms with Crippen molar-refractivity contribution in [1.82, 2.24) is 0 Å². The zero-order valence-electron chi connectivity index (χ0n) is 16.5. The minimum atomic E-state index is -0.526. The Labute approximate surface area is 164 Å². The van der Waals surface area contributed by atoms with E-state index in [2.05, 4.69) is 31.0 Å². The number of carbonyl (C=O) groups excluding carboxylic acids is 1. The maximum atomic E-state index is 12.1. The summed E-state index contributed by atoms with van der Waals surface area (Å²) < 4.78 is 10.5. The number of ether oxygens (including phenoxy) is 2. The van der Waals surface area contributed by atoms with E-state index < -0.39 is 4.92 Å². The van der Waals surface area contributed by atoms with Crippen molar-refractivity contribution >= 4 is 23.0 Å². The second-order valence-corrected chi connectivity index (χ2v) is 6.36. The lowest BCUT2D eigenvalue weighted by atomic mass is 10.2. The molecule has 28 heavy (non-hydrogen) atoms. The van der Waals surface area contributed by atoms with E-state index in [1.165, 1.54) is 25.3 Å². The molecule has 2 aromatic rings. The summed E-state index contributed by atoms with van der Waals surface area (Å²) in [5.41, 5.74) is 1.63. The van der Waals surface area contributed by atoms with Crippen molar-refractivity contribution in [3.05, 3.63) is 52.6 Å². The van der Waals surface area contributed by atoms with Crippen LogP contribution in [-0.2, 0) is 4.79 Å². The molecule has 0 aliphatic carbocycles. The van der Waals surface area contributed by atoms with Crippen LogP contribution in [0.3, 0.4) is 0 Å². The van der Waals surface area contributed by atoms with E-state index in [0.29, 0.717) is 11.7 Å². The molecule has 8 nitrogen and oxygen atoms in total. The maximum Gasteiger partial charge on any atom is 0.273 e. The molecule has 0 saturated carbocycles. The first kappa shape index (κ1) is 21.0. The Morgan fingerprint density at radius 2 is 1.86 bits per heavy atom. The Kier molecular flexibility index (Phi) is 7.20. The highest BCUT2D eigenvalue weighted by molar-refractivity contribution is 5.92. The molecule has 0 unspecified atom stereocenters. The fourth-order valence-electron chi connectivity index (χ4n) is 2.81. The van der Waals surface area contributed by atoms with Gasteiger partial charge in [-0.25, -0.2) is 0 Å². The molecule has 0 heterocycles. The number of anilines is 2. The number of methoxy groups -OCH3 is 1. The zero-order valence-corrected chi connectivity index (χ0v) is 16.5. The normalized spacial score (nSPS) is 10.5. The number of benzene rings is 2. The number of rotatable bonds is 9. The molecule has 0 bridgehead atoms. The van der Waals surface area contributed by atoms with Crippen LogP contribution < -0.4 is 19.7 Å². The van der Waals surface area contributed by atoms with Gasteiger partial charge in [-0.3, -0.25) is 14.9 Å². The van der Waals surface area contributed by atoms with E-state index in [4.69, 9.17) is 9.47 Å². The maximum absolute atomic E-state index is 12.1. The Hall–Kier alpha value is -3.29. The molecule has 150 valence electrons. The minimum absolute atomic E-state index is 0.115. The largest absolute Gasteiger partial charge is 0.493 e. The number of amides is 1. The molecule has 0 saturated heterocycles. The average molecular weight is 387 g/mol. The van der Waals surface area contributed by atoms with Crippen molar-refractivity contribution in [3.8, 4) is 11.5 Å². The van der Waals surface area contributed by atoms with Crippen molar-refractivity contribution in [2.45, 2.75) is 26.8 Å². The van der Waals surface area contributed by atoms with E-state index >= 15 is 0 Å². The van der Waals surface area contributed by atoms with Crippen LogP contribution in [0.25, 0.3) is 0 Å². The second kappa shape index (κ2) is 9.59. The Balaban J connectivity index is 1.96. The molecule has 0 aliphatic heterocycles. The average Bonchev–Trinajstić information content (AvgIpc) is 2.67. The lowest BCUT2D eigenvalue weighted by Crippen LogP contribution is -2.30. The number of nitrogens with zero attached hydrogens (tertiary/aromatic N) is 2. The highest BCUT2D eigenvalue weighted by atomic mass is 16.6. The summed E-state index contributed by atoms with van der Waals surface area (Å²) in [6, 6.07) is 11.9. The third-order valence-electron chi connectivity index (χ3n) is 4.16. The van der Waals surface area contributed by atoms with Crippen molar-refractivity contribution in [1.29, 1.82) is 0 Å². The van der Waals surface area contributed by atoms with Gasteiger partial charge in [-0.1, -0.05) is 0 Å². The topological polar surface area (TPSA) is 93.9 Å². The predicted octanol–water partition coefficient (Wildman–Crippen LogP) is 3.86. The number of carbonyl (C=O) groups is 1. The number of nitrogens with one attached hydrogen (secondary N) is 1. The van der Waals surface area contributed by atoms with Crippen molar-refractivity contribution < 1.29 is 19.2 Å². The summed E-state index contributed by atoms with van der Waals surface area (Å²) in [5, 5.41) is 13.6. The fourth-order valence-corrected chi connectivity index (χ4v) is 2.81. The van der Waals surface area contributed by atoms with Crippen LogP contribution in [0.5, 0.6) is 11.5 Å². The van der Waals surface area contributed by atoms with Gasteiger partial charge in [0.15, 0.2) is 18.1 Å². The van der Waals surface area contributed by atoms with Crippen LogP contribution in [-0.4, -0.2) is 37.1 Å². The van der Waals surface area contributed by atoms with E-state index in [1.54, 1.807) is 0 Å². The summed E-state index contributed by atoms with van der Waals surface area (Å²) in [7, 11) is 1.38. The van der Waals surface area contributed by atoms with Gasteiger partial charge in [0.25, 0.3) is 11.6 Å². The van der Waals surface area contributed by atoms with Gasteiger partial charge in [0, 0.05) is 30.0 Å². The van der Waals surface area contributed by atoms with Crippen LogP contribution in [0.2, 0.25) is 0 Å². The molecular weight excluding hydrogens is 362 g/mol. The van der Waals surface area contributed by atoms with Gasteiger partial charge in [-0.2, -0.15) is 0 Å². The van der Waals surface area contributed by atoms with Gasteiger partial charge in [0.2, 0.25) is 0 Å². The monoisotopic (exact) mass is 387 g/mol. The highest BCUT2D eigenvalue weighted by Crippen LogP contribution is 2.31. The van der Waals surface area contributed by atoms with Crippen LogP contribution >= 0.6 is 0 Å². The van der Waals surface area contributed by atoms with Crippen LogP contribution in [0, 0.1) is 10.1 Å². The van der Waals surface area contributed by atoms with Crippen LogP contribution in [0.1, 0.15) is 20.8 Å². The summed E-state index contributed by atoms with van der Waals surface area (Å²) in [6.07, 6.45) is 0. The van der Waals surface area contributed by atoms with Crippen LogP contribution in [0.15, 0.2) is 42.5 Å². The number of hydrogen-bond donors (Lipinski definition) is 1. The first-order chi connectivity index (χ1) is 13.3. The van der Waals surface area contributed by atoms with E-state index in [-0.39, 0.29) is 29.7 Å². The van der Waals surface area contributed by atoms with Gasteiger partial charge in [-0.05, 0) is 51.1 Å². The molecule has 0 aliphatic rings. The van der Waals surface area contributed by atoms with E-state index in [9.17, 15) is 14.9 Å². The Bertz CT molecular complexity index is 821. The molecule has 0 aromatic heterocycles. The second-order valence-electron chi connectivity index (χ2n) is 6.36. The van der Waals surface area contributed by atoms with Crippen LogP contribution in [0.4, 0.5) is 17.1 Å². The zero-order chi connectivity index (χ0) is 20.7. The summed E-state index contributed by atoms with van der Waals surface area (Å²) in [4.78, 5) is 24.7. The number of nitro benzene ring substituents is 1. The number of hydrogen-bond acceptors (Lipinski definition) is 6. The number of non-ortho nitro benzene ring substituents is 1. The molecular formula is C20H25N3O5. The standard InChI is InChI=1S/C20H25N3O5/c1-5-22(14(2)3)16-8-6-15(7-9-16)21-20(24)13-28-18-11-10-17(23(25)26)12-19(18)27-4/h6-12,14H,5,13H2,1-4H3,(H,21,24). The van der Waals surface area contributed by atoms with Crippen molar-refractivity contribution in [2.75, 3.05) is 30.5 Å². The van der Waals surface area contributed by atoms with Gasteiger partial charge in [-0.15, -0.1) is 0 Å². The first-order valence-electron chi connectivity index (χ1n) is 8.97. The molecule has 0 spiro atoms. The van der Waals surface area contributed by atoms with Gasteiger partial charge < -0.3 is 19.7 Å².